The van der Waals surface area contributed by atoms with Gasteiger partial charge in [0.1, 0.15) is 21.7 Å². The Labute approximate surface area is 181 Å². The second-order valence-corrected chi connectivity index (χ2v) is 7.85. The first kappa shape index (κ1) is 23.1. The number of hydrogen-bond donors (Lipinski definition) is 1. The van der Waals surface area contributed by atoms with Gasteiger partial charge in [0, 0.05) is 10.9 Å². The second-order valence-electron chi connectivity index (χ2n) is 6.36. The number of nitro groups is 1. The molecule has 0 saturated heterocycles. The fourth-order valence-corrected chi connectivity index (χ4v) is 3.62. The number of esters is 1. The van der Waals surface area contributed by atoms with E-state index >= 15 is 0 Å². The summed E-state index contributed by atoms with van der Waals surface area (Å²) in [6.07, 6.45) is 1.21. The number of nitrogens with zero attached hydrogens (tertiary/aromatic N) is 2. The van der Waals surface area contributed by atoms with Gasteiger partial charge in [0.15, 0.2) is 0 Å². The Morgan fingerprint density at radius 3 is 2.67 bits per heavy atom. The van der Waals surface area contributed by atoms with Crippen LogP contribution in [0.1, 0.15) is 47.5 Å². The van der Waals surface area contributed by atoms with Crippen molar-refractivity contribution in [2.24, 2.45) is 0 Å². The zero-order chi connectivity index (χ0) is 22.4. The normalized spacial score (nSPS) is 11.1. The molecule has 1 N–H and O–H groups in total. The monoisotopic (exact) mass is 447 g/mol. The molecule has 1 aromatic carbocycles. The molecule has 30 heavy (non-hydrogen) atoms. The van der Waals surface area contributed by atoms with Crippen LogP contribution >= 0.6 is 22.9 Å². The highest BCUT2D eigenvalue weighted by Crippen LogP contribution is 2.34. The minimum atomic E-state index is -0.752. The summed E-state index contributed by atoms with van der Waals surface area (Å²) in [5.41, 5.74) is -0.163. The zero-order valence-electron chi connectivity index (χ0n) is 16.4. The molecular weight excluding hydrogens is 430 g/mol. The van der Waals surface area contributed by atoms with Crippen molar-refractivity contribution in [2.75, 3.05) is 11.9 Å². The predicted molar refractivity (Wildman–Crippen MR) is 115 cm³/mol. The van der Waals surface area contributed by atoms with Crippen molar-refractivity contribution in [3.05, 3.63) is 61.0 Å². The third kappa shape index (κ3) is 5.43. The molecule has 0 aliphatic heterocycles. The third-order valence-corrected chi connectivity index (χ3v) is 5.56. The van der Waals surface area contributed by atoms with E-state index in [0.29, 0.717) is 0 Å². The standard InChI is InChI=1S/C20H18ClN3O5S/c1-4-29-20(26)14-9-17(11(2)3)30-19(14)23-18(25)13(10-22)7-12-5-6-15(21)16(8-12)24(27)28/h5-9,11H,4H2,1-3H3,(H,23,25). The Bertz CT molecular complexity index is 1070. The number of anilines is 1. The first-order valence-electron chi connectivity index (χ1n) is 8.85. The van der Waals surface area contributed by atoms with E-state index in [4.69, 9.17) is 16.3 Å². The molecular formula is C20H18ClN3O5S. The molecule has 156 valence electrons. The Kier molecular flexibility index (Phi) is 7.69. The Morgan fingerprint density at radius 1 is 1.40 bits per heavy atom. The number of halogens is 1. The van der Waals surface area contributed by atoms with Gasteiger partial charge in [0.05, 0.1) is 17.1 Å². The number of thiophene rings is 1. The van der Waals surface area contributed by atoms with Crippen LogP contribution in [0.5, 0.6) is 0 Å². The number of benzene rings is 1. The predicted octanol–water partition coefficient (Wildman–Crippen LogP) is 5.16. The van der Waals surface area contributed by atoms with Gasteiger partial charge in [-0.3, -0.25) is 14.9 Å². The van der Waals surface area contributed by atoms with Crippen LogP contribution in [0.3, 0.4) is 0 Å². The highest BCUT2D eigenvalue weighted by Gasteiger charge is 2.22. The van der Waals surface area contributed by atoms with Crippen molar-refractivity contribution in [1.29, 1.82) is 5.26 Å². The van der Waals surface area contributed by atoms with E-state index in [9.17, 15) is 25.0 Å². The third-order valence-electron chi connectivity index (χ3n) is 3.89. The molecule has 0 atom stereocenters. The van der Waals surface area contributed by atoms with E-state index in [1.54, 1.807) is 19.1 Å². The molecule has 0 radical (unpaired) electrons. The molecule has 10 heteroatoms. The lowest BCUT2D eigenvalue weighted by molar-refractivity contribution is -0.384. The summed E-state index contributed by atoms with van der Waals surface area (Å²) in [5.74, 6) is -1.21. The Balaban J connectivity index is 2.37. The minimum Gasteiger partial charge on any atom is -0.462 e. The Morgan fingerprint density at radius 2 is 2.10 bits per heavy atom. The first-order valence-corrected chi connectivity index (χ1v) is 10.0. The molecule has 8 nitrogen and oxygen atoms in total. The van der Waals surface area contributed by atoms with Crippen molar-refractivity contribution < 1.29 is 19.2 Å². The molecule has 2 aromatic rings. The number of nitrogens with one attached hydrogen (secondary N) is 1. The van der Waals surface area contributed by atoms with E-state index in [-0.39, 0.29) is 44.9 Å². The number of carbonyl (C=O) groups is 2. The van der Waals surface area contributed by atoms with Gasteiger partial charge in [-0.1, -0.05) is 31.5 Å². The summed E-state index contributed by atoms with van der Waals surface area (Å²) in [5, 5.41) is 23.2. The summed E-state index contributed by atoms with van der Waals surface area (Å²) >= 11 is 7.00. The van der Waals surface area contributed by atoms with Gasteiger partial charge in [-0.15, -0.1) is 11.3 Å². The molecule has 0 spiro atoms. The maximum Gasteiger partial charge on any atom is 0.341 e. The van der Waals surface area contributed by atoms with Crippen LogP contribution in [0.4, 0.5) is 10.7 Å². The van der Waals surface area contributed by atoms with Crippen molar-refractivity contribution in [1.82, 2.24) is 0 Å². The van der Waals surface area contributed by atoms with Crippen molar-refractivity contribution in [2.45, 2.75) is 26.7 Å². The SMILES string of the molecule is CCOC(=O)c1cc(C(C)C)sc1NC(=O)C(C#N)=Cc1ccc(Cl)c([N+](=O)[O-])c1. The number of hydrogen-bond acceptors (Lipinski definition) is 7. The van der Waals surface area contributed by atoms with E-state index in [2.05, 4.69) is 5.32 Å². The van der Waals surface area contributed by atoms with Crippen molar-refractivity contribution in [3.63, 3.8) is 0 Å². The van der Waals surface area contributed by atoms with E-state index in [1.165, 1.54) is 35.6 Å². The lowest BCUT2D eigenvalue weighted by Gasteiger charge is -2.05. The molecule has 0 unspecified atom stereocenters. The van der Waals surface area contributed by atoms with Crippen LogP contribution in [0.15, 0.2) is 29.8 Å². The topological polar surface area (TPSA) is 122 Å². The maximum atomic E-state index is 12.6. The van der Waals surface area contributed by atoms with Gasteiger partial charge in [-0.2, -0.15) is 5.26 Å². The number of amides is 1. The molecule has 1 amide bonds. The highest BCUT2D eigenvalue weighted by molar-refractivity contribution is 7.16. The minimum absolute atomic E-state index is 0.0565. The molecule has 0 fully saturated rings. The van der Waals surface area contributed by atoms with Crippen molar-refractivity contribution >= 4 is 51.6 Å². The largest absolute Gasteiger partial charge is 0.462 e. The summed E-state index contributed by atoms with van der Waals surface area (Å²) in [6.45, 7) is 5.74. The molecule has 0 bridgehead atoms. The van der Waals surface area contributed by atoms with Gasteiger partial charge in [0.25, 0.3) is 11.6 Å². The van der Waals surface area contributed by atoms with Gasteiger partial charge in [-0.05, 0) is 36.6 Å². The van der Waals surface area contributed by atoms with Gasteiger partial charge < -0.3 is 10.1 Å². The summed E-state index contributed by atoms with van der Waals surface area (Å²) in [7, 11) is 0. The summed E-state index contributed by atoms with van der Waals surface area (Å²) < 4.78 is 5.03. The van der Waals surface area contributed by atoms with E-state index in [0.717, 1.165) is 4.88 Å². The number of carbonyl (C=O) groups excluding carboxylic acids is 2. The average Bonchev–Trinajstić information content (AvgIpc) is 3.11. The summed E-state index contributed by atoms with van der Waals surface area (Å²) in [4.78, 5) is 36.1. The molecule has 0 aliphatic carbocycles. The molecule has 0 aliphatic rings. The fraction of sp³-hybridized carbons (Fsp3) is 0.250. The van der Waals surface area contributed by atoms with E-state index in [1.807, 2.05) is 13.8 Å². The lowest BCUT2D eigenvalue weighted by Crippen LogP contribution is -2.15. The van der Waals surface area contributed by atoms with Gasteiger partial charge in [-0.25, -0.2) is 4.79 Å². The fourth-order valence-electron chi connectivity index (χ4n) is 2.39. The number of rotatable bonds is 7. The zero-order valence-corrected chi connectivity index (χ0v) is 18.0. The quantitative estimate of drug-likeness (QED) is 0.206. The van der Waals surface area contributed by atoms with Crippen LogP contribution in [0.25, 0.3) is 6.08 Å². The van der Waals surface area contributed by atoms with Crippen LogP contribution in [-0.4, -0.2) is 23.4 Å². The molecule has 0 saturated carbocycles. The second kappa shape index (κ2) is 10.0. The van der Waals surface area contributed by atoms with Gasteiger partial charge >= 0.3 is 5.97 Å². The molecule has 2 rings (SSSR count). The molecule has 1 heterocycles. The first-order chi connectivity index (χ1) is 14.2. The highest BCUT2D eigenvalue weighted by atomic mass is 35.5. The Hall–Kier alpha value is -3.22. The van der Waals surface area contributed by atoms with Crippen LogP contribution in [0.2, 0.25) is 5.02 Å². The number of ether oxygens (including phenoxy) is 1. The van der Waals surface area contributed by atoms with Crippen LogP contribution in [0, 0.1) is 21.4 Å². The smallest absolute Gasteiger partial charge is 0.341 e. The van der Waals surface area contributed by atoms with Crippen molar-refractivity contribution in [3.8, 4) is 6.07 Å². The van der Waals surface area contributed by atoms with Gasteiger partial charge in [0.2, 0.25) is 0 Å². The number of nitriles is 1. The molecule has 1 aromatic heterocycles. The maximum absolute atomic E-state index is 12.6. The number of nitro benzene ring substituents is 1. The van der Waals surface area contributed by atoms with E-state index < -0.39 is 16.8 Å². The van der Waals surface area contributed by atoms with Crippen LogP contribution in [-0.2, 0) is 9.53 Å². The van der Waals surface area contributed by atoms with Crippen LogP contribution < -0.4 is 5.32 Å². The summed E-state index contributed by atoms with van der Waals surface area (Å²) in [6, 6.07) is 7.35. The average molecular weight is 448 g/mol. The lowest BCUT2D eigenvalue weighted by atomic mass is 10.1.